The van der Waals surface area contributed by atoms with Crippen LogP contribution in [-0.4, -0.2) is 13.1 Å². The maximum absolute atomic E-state index is 5.64. The van der Waals surface area contributed by atoms with Gasteiger partial charge in [0.15, 0.2) is 0 Å². The fourth-order valence-corrected chi connectivity index (χ4v) is 2.53. The molecule has 3 N–H and O–H groups in total. The normalized spacial score (nSPS) is 32.2. The van der Waals surface area contributed by atoms with E-state index in [2.05, 4.69) is 26.4 Å². The highest BCUT2D eigenvalue weighted by molar-refractivity contribution is 14.1. The highest BCUT2D eigenvalue weighted by Crippen LogP contribution is 2.27. The summed E-state index contributed by atoms with van der Waals surface area (Å²) < 4.78 is 3.21. The molecule has 0 bridgehead atoms. The van der Waals surface area contributed by atoms with Crippen molar-refractivity contribution in [3.8, 4) is 0 Å². The van der Waals surface area contributed by atoms with Crippen LogP contribution < -0.4 is 9.26 Å². The van der Waals surface area contributed by atoms with Gasteiger partial charge in [-0.05, 0) is 37.6 Å². The molecule has 0 spiro atoms. The lowest BCUT2D eigenvalue weighted by Crippen LogP contribution is -2.26. The number of hydrogen-bond donors (Lipinski definition) is 2. The minimum Gasteiger partial charge on any atom is -0.330 e. The van der Waals surface area contributed by atoms with E-state index in [1.54, 1.807) is 0 Å². The maximum Gasteiger partial charge on any atom is 0.0169 e. The first kappa shape index (κ1) is 9.74. The zero-order chi connectivity index (χ0) is 8.10. The number of rotatable bonds is 3. The molecule has 2 atom stereocenters. The van der Waals surface area contributed by atoms with E-state index < -0.39 is 0 Å². The van der Waals surface area contributed by atoms with E-state index in [0.29, 0.717) is 0 Å². The summed E-state index contributed by atoms with van der Waals surface area (Å²) in [5.41, 5.74) is 5.64. The Bertz CT molecular complexity index is 106. The van der Waals surface area contributed by atoms with E-state index in [1.807, 2.05) is 0 Å². The smallest absolute Gasteiger partial charge is 0.0169 e. The van der Waals surface area contributed by atoms with Gasteiger partial charge in [-0.3, -0.25) is 3.53 Å². The Kier molecular flexibility index (Phi) is 4.71. The third kappa shape index (κ3) is 3.25. The van der Waals surface area contributed by atoms with Crippen molar-refractivity contribution >= 4 is 22.9 Å². The molecule has 2 nitrogen and oxygen atoms in total. The van der Waals surface area contributed by atoms with Gasteiger partial charge in [-0.25, -0.2) is 0 Å². The molecule has 0 aromatic rings. The van der Waals surface area contributed by atoms with Crippen molar-refractivity contribution in [2.45, 2.75) is 25.7 Å². The molecule has 66 valence electrons. The van der Waals surface area contributed by atoms with Gasteiger partial charge < -0.3 is 5.73 Å². The predicted octanol–water partition coefficient (Wildman–Crippen LogP) is 1.69. The Morgan fingerprint density at radius 3 is 2.73 bits per heavy atom. The van der Waals surface area contributed by atoms with Crippen LogP contribution in [0.2, 0.25) is 0 Å². The summed E-state index contributed by atoms with van der Waals surface area (Å²) in [5.74, 6) is 1.69. The Labute approximate surface area is 82.8 Å². The van der Waals surface area contributed by atoms with Crippen LogP contribution in [0.1, 0.15) is 25.7 Å². The standard InChI is InChI=1S/C8H17IN2/c9-11-6-8-3-1-2-7(4-8)5-10/h7-8,11H,1-6,10H2. The van der Waals surface area contributed by atoms with Crippen LogP contribution >= 0.6 is 22.9 Å². The molecule has 1 rings (SSSR count). The lowest BCUT2D eigenvalue weighted by atomic mass is 9.81. The lowest BCUT2D eigenvalue weighted by Gasteiger charge is -2.27. The van der Waals surface area contributed by atoms with Crippen LogP contribution in [-0.2, 0) is 0 Å². The summed E-state index contributed by atoms with van der Waals surface area (Å²) in [5, 5.41) is 0. The molecule has 0 radical (unpaired) electrons. The number of hydrogen-bond acceptors (Lipinski definition) is 2. The highest BCUT2D eigenvalue weighted by atomic mass is 127. The van der Waals surface area contributed by atoms with Crippen LogP contribution in [0.5, 0.6) is 0 Å². The Morgan fingerprint density at radius 1 is 1.36 bits per heavy atom. The number of halogens is 1. The average molecular weight is 268 g/mol. The van der Waals surface area contributed by atoms with Crippen molar-refractivity contribution < 1.29 is 0 Å². The van der Waals surface area contributed by atoms with E-state index in [0.717, 1.165) is 24.9 Å². The number of nitrogens with one attached hydrogen (secondary N) is 1. The van der Waals surface area contributed by atoms with Crippen LogP contribution in [0.3, 0.4) is 0 Å². The van der Waals surface area contributed by atoms with E-state index in [-0.39, 0.29) is 0 Å². The summed E-state index contributed by atoms with van der Waals surface area (Å²) in [4.78, 5) is 0. The van der Waals surface area contributed by atoms with Gasteiger partial charge >= 0.3 is 0 Å². The summed E-state index contributed by atoms with van der Waals surface area (Å²) in [6, 6.07) is 0. The van der Waals surface area contributed by atoms with Crippen molar-refractivity contribution in [3.05, 3.63) is 0 Å². The highest BCUT2D eigenvalue weighted by Gasteiger charge is 2.19. The van der Waals surface area contributed by atoms with Crippen LogP contribution in [0, 0.1) is 11.8 Å². The topological polar surface area (TPSA) is 38.0 Å². The van der Waals surface area contributed by atoms with Gasteiger partial charge in [-0.1, -0.05) is 6.42 Å². The van der Waals surface area contributed by atoms with Gasteiger partial charge in [-0.2, -0.15) is 0 Å². The van der Waals surface area contributed by atoms with Crippen molar-refractivity contribution in [2.75, 3.05) is 13.1 Å². The monoisotopic (exact) mass is 268 g/mol. The van der Waals surface area contributed by atoms with Crippen LogP contribution in [0.15, 0.2) is 0 Å². The molecular formula is C8H17IN2. The second-order valence-electron chi connectivity index (χ2n) is 3.47. The van der Waals surface area contributed by atoms with Gasteiger partial charge in [0, 0.05) is 29.4 Å². The molecule has 0 aliphatic heterocycles. The molecule has 11 heavy (non-hydrogen) atoms. The average Bonchev–Trinajstić information content (AvgIpc) is 2.06. The Morgan fingerprint density at radius 2 is 2.09 bits per heavy atom. The maximum atomic E-state index is 5.64. The molecule has 0 aromatic heterocycles. The molecular weight excluding hydrogens is 251 g/mol. The molecule has 0 saturated heterocycles. The molecule has 3 heteroatoms. The molecule has 2 unspecified atom stereocenters. The van der Waals surface area contributed by atoms with Gasteiger partial charge in [0.2, 0.25) is 0 Å². The molecule has 1 fully saturated rings. The largest absolute Gasteiger partial charge is 0.330 e. The third-order valence-electron chi connectivity index (χ3n) is 2.59. The predicted molar refractivity (Wildman–Crippen MR) is 56.5 cm³/mol. The first-order chi connectivity index (χ1) is 5.36. The first-order valence-electron chi connectivity index (χ1n) is 4.40. The van der Waals surface area contributed by atoms with Gasteiger partial charge in [0.25, 0.3) is 0 Å². The van der Waals surface area contributed by atoms with E-state index in [9.17, 15) is 0 Å². The molecule has 0 heterocycles. The fraction of sp³-hybridized carbons (Fsp3) is 1.00. The Balaban J connectivity index is 2.21. The van der Waals surface area contributed by atoms with Crippen molar-refractivity contribution in [3.63, 3.8) is 0 Å². The molecule has 1 aliphatic rings. The van der Waals surface area contributed by atoms with Gasteiger partial charge in [-0.15, -0.1) is 0 Å². The molecule has 1 aliphatic carbocycles. The molecule has 0 aromatic carbocycles. The van der Waals surface area contributed by atoms with E-state index >= 15 is 0 Å². The summed E-state index contributed by atoms with van der Waals surface area (Å²) in [7, 11) is 0. The second-order valence-corrected chi connectivity index (χ2v) is 4.23. The quantitative estimate of drug-likeness (QED) is 0.604. The van der Waals surface area contributed by atoms with E-state index in [1.165, 1.54) is 25.7 Å². The lowest BCUT2D eigenvalue weighted by molar-refractivity contribution is 0.275. The molecule has 1 saturated carbocycles. The van der Waals surface area contributed by atoms with Crippen molar-refractivity contribution in [2.24, 2.45) is 17.6 Å². The fourth-order valence-electron chi connectivity index (χ4n) is 1.91. The first-order valence-corrected chi connectivity index (χ1v) is 5.48. The summed E-state index contributed by atoms with van der Waals surface area (Å²) in [6.07, 6.45) is 5.47. The third-order valence-corrected chi connectivity index (χ3v) is 3.03. The SMILES string of the molecule is NCC1CCCC(CNI)C1. The van der Waals surface area contributed by atoms with Gasteiger partial charge in [0.1, 0.15) is 0 Å². The zero-order valence-corrected chi connectivity index (χ0v) is 9.01. The van der Waals surface area contributed by atoms with Crippen LogP contribution in [0.4, 0.5) is 0 Å². The second kappa shape index (κ2) is 5.32. The zero-order valence-electron chi connectivity index (χ0n) is 6.85. The molecule has 0 amide bonds. The van der Waals surface area contributed by atoms with Crippen LogP contribution in [0.25, 0.3) is 0 Å². The minimum absolute atomic E-state index is 0.804. The minimum atomic E-state index is 0.804. The van der Waals surface area contributed by atoms with Crippen molar-refractivity contribution in [1.29, 1.82) is 0 Å². The van der Waals surface area contributed by atoms with E-state index in [4.69, 9.17) is 5.73 Å². The summed E-state index contributed by atoms with van der Waals surface area (Å²) in [6.45, 7) is 2.05. The van der Waals surface area contributed by atoms with Crippen molar-refractivity contribution in [1.82, 2.24) is 3.53 Å². The number of nitrogens with two attached hydrogens (primary N) is 1. The Hall–Kier alpha value is 0.650. The summed E-state index contributed by atoms with van der Waals surface area (Å²) >= 11 is 2.23. The van der Waals surface area contributed by atoms with Gasteiger partial charge in [0.05, 0.1) is 0 Å².